The summed E-state index contributed by atoms with van der Waals surface area (Å²) in [6.45, 7) is 3.66. The summed E-state index contributed by atoms with van der Waals surface area (Å²) in [5.74, 6) is -2.48. The number of anilines is 3. The number of hydrazone groups is 3. The molecule has 6 aromatic carbocycles. The molecule has 15 rings (SSSR count). The van der Waals surface area contributed by atoms with Crippen molar-refractivity contribution in [2.45, 2.75) is 58.4 Å². The number of hydrogen-bond acceptors (Lipinski definition) is 14. The summed E-state index contributed by atoms with van der Waals surface area (Å²) in [4.78, 5) is 96.8. The van der Waals surface area contributed by atoms with Crippen LogP contribution in [0.4, 0.5) is 17.1 Å². The molecule has 9 heterocycles. The molecule has 3 aliphatic rings. The minimum absolute atomic E-state index is 0. The van der Waals surface area contributed by atoms with Crippen LogP contribution in [-0.4, -0.2) is 109 Å². The van der Waals surface area contributed by atoms with Crippen LogP contribution in [0.1, 0.15) is 97.6 Å². The molecule has 0 fully saturated rings. The molecule has 0 saturated carbocycles. The first kappa shape index (κ1) is 72.5. The minimum Gasteiger partial charge on any atom is -0.481 e. The van der Waals surface area contributed by atoms with Gasteiger partial charge >= 0.3 is 5.97 Å². The lowest BCUT2D eigenvalue weighted by molar-refractivity contribution is -0.141. The molecule has 0 aliphatic carbocycles. The number of nitrogens with two attached hydrogens (primary N) is 2. The van der Waals surface area contributed by atoms with E-state index in [-0.39, 0.29) is 66.2 Å². The van der Waals surface area contributed by atoms with Gasteiger partial charge in [0, 0.05) is 112 Å². The van der Waals surface area contributed by atoms with Gasteiger partial charge in [0.15, 0.2) is 0 Å². The van der Waals surface area contributed by atoms with Crippen LogP contribution >= 0.6 is 24.8 Å². The number of nitrogen functional groups attached to an aromatic ring is 1. The second-order valence-electron chi connectivity index (χ2n) is 24.8. The lowest BCUT2D eigenvalue weighted by atomic mass is 10.00. The standard InChI is InChI=1S/C25H24N6O2.C24H23N7O2.C14H12N6O.C11H14O2.2ClH/c1-15(8-9-16-6-4-3-5-7-16)24(32)28-17-10-18-22-19(12-27-30-25(18)33)23(29-20(22)11-17)21-13-31(2)14-26-21;1-31-12-20(26-13-31)22-17-11-27-30-23(32)16-9-15(10-19(29-22)21(16)17)28-24(33)18(25)8-7-14-5-3-2-4-6-14;1-20-5-11(16-6-20)13-9-4-17-19-14(21)8-2-7(15)3-10(18-13)12(8)9;1-9(11(12)13)7-8-10-5-3-2-4-6-10;;/h3-7,10-15,29H,8-9H2,1-2H3,(H,28,32)(H,30,33);2-6,9-13,18,29H,7-8,25H2,1H3,(H,28,33)(H,30,32);2-6,18H,15H2,1H3,(H,19,21);2-6,9H,7-8H2,1H3,(H,12,13);2*1H/t15-;18-;;9-;;/m11.1../s1. The molecular formula is C74H75Cl2N19O7. The van der Waals surface area contributed by atoms with Gasteiger partial charge in [-0.2, -0.15) is 15.3 Å². The molecule has 28 heteroatoms. The second-order valence-corrected chi connectivity index (χ2v) is 24.8. The van der Waals surface area contributed by atoms with Gasteiger partial charge in [0.2, 0.25) is 11.8 Å². The maximum Gasteiger partial charge on any atom is 0.306 e. The van der Waals surface area contributed by atoms with Crippen LogP contribution in [-0.2, 0) is 54.8 Å². The number of amides is 5. The van der Waals surface area contributed by atoms with E-state index in [4.69, 9.17) is 16.6 Å². The van der Waals surface area contributed by atoms with Crippen molar-refractivity contribution in [2.24, 2.45) is 54.0 Å². The number of nitrogens with zero attached hydrogens (tertiary/aromatic N) is 9. The predicted octanol–water partition coefficient (Wildman–Crippen LogP) is 10.8. The quantitative estimate of drug-likeness (QED) is 0.0379. The molecule has 12 aromatic rings. The lowest BCUT2D eigenvalue weighted by Crippen LogP contribution is -2.36. The average molecular weight is 1410 g/mol. The van der Waals surface area contributed by atoms with Gasteiger partial charge in [-0.25, -0.2) is 31.2 Å². The number of hydrogen-bond donors (Lipinski definition) is 11. The van der Waals surface area contributed by atoms with Crippen LogP contribution in [0, 0.1) is 11.8 Å². The van der Waals surface area contributed by atoms with Crippen molar-refractivity contribution >= 4 is 129 Å². The highest BCUT2D eigenvalue weighted by atomic mass is 35.5. The summed E-state index contributed by atoms with van der Waals surface area (Å²) < 4.78 is 5.56. The number of rotatable bonds is 17. The van der Waals surface area contributed by atoms with E-state index in [1.807, 2.05) is 145 Å². The number of aromatic amines is 3. The van der Waals surface area contributed by atoms with Gasteiger partial charge in [-0.3, -0.25) is 28.8 Å². The molecule has 26 nitrogen and oxygen atoms in total. The largest absolute Gasteiger partial charge is 0.481 e. The number of aromatic nitrogens is 9. The Kier molecular flexibility index (Phi) is 22.9. The molecule has 0 bridgehead atoms. The Bertz CT molecular complexity index is 4950. The van der Waals surface area contributed by atoms with Crippen molar-refractivity contribution in [2.75, 3.05) is 16.4 Å². The van der Waals surface area contributed by atoms with E-state index < -0.39 is 12.0 Å². The van der Waals surface area contributed by atoms with Crippen LogP contribution in [0.15, 0.2) is 180 Å². The summed E-state index contributed by atoms with van der Waals surface area (Å²) in [5.41, 5.74) is 35.2. The molecule has 0 saturated heterocycles. The van der Waals surface area contributed by atoms with Gasteiger partial charge in [0.1, 0.15) is 17.1 Å². The Labute approximate surface area is 597 Å². The van der Waals surface area contributed by atoms with E-state index in [0.29, 0.717) is 58.5 Å². The highest BCUT2D eigenvalue weighted by molar-refractivity contribution is 6.20. The number of carboxylic acid groups (broad SMARTS) is 1. The number of H-pyrrole nitrogens is 3. The molecule has 3 aliphatic heterocycles. The highest BCUT2D eigenvalue weighted by Crippen LogP contribution is 2.37. The molecule has 0 spiro atoms. The first-order valence-electron chi connectivity index (χ1n) is 32.3. The fraction of sp³-hybridized carbons (Fsp3) is 0.189. The van der Waals surface area contributed by atoms with E-state index in [1.54, 1.807) is 74.9 Å². The molecule has 522 valence electrons. The number of carboxylic acids is 1. The normalized spacial score (nSPS) is 13.1. The Morgan fingerprint density at radius 3 is 1.19 bits per heavy atom. The van der Waals surface area contributed by atoms with E-state index in [0.717, 1.165) is 103 Å². The number of benzene rings is 6. The van der Waals surface area contributed by atoms with Gasteiger partial charge in [-0.05, 0) is 91.6 Å². The number of aryl methyl sites for hydroxylation is 6. The van der Waals surface area contributed by atoms with E-state index in [9.17, 15) is 28.8 Å². The molecule has 13 N–H and O–H groups in total. The topological polar surface area (TPSA) is 373 Å². The molecule has 5 amide bonds. The van der Waals surface area contributed by atoms with Gasteiger partial charge in [-0.1, -0.05) is 105 Å². The van der Waals surface area contributed by atoms with E-state index >= 15 is 0 Å². The van der Waals surface area contributed by atoms with Crippen LogP contribution < -0.4 is 38.4 Å². The molecule has 3 atom stereocenters. The summed E-state index contributed by atoms with van der Waals surface area (Å²) in [5, 5.41) is 28.9. The number of carbonyl (C=O) groups is 6. The Morgan fingerprint density at radius 2 is 0.824 bits per heavy atom. The highest BCUT2D eigenvalue weighted by Gasteiger charge is 2.28. The third kappa shape index (κ3) is 16.5. The first-order chi connectivity index (χ1) is 48.3. The fourth-order valence-corrected chi connectivity index (χ4v) is 12.0. The monoisotopic (exact) mass is 1410 g/mol. The zero-order valence-corrected chi connectivity index (χ0v) is 57.8. The van der Waals surface area contributed by atoms with Crippen molar-refractivity contribution in [1.29, 1.82) is 0 Å². The summed E-state index contributed by atoms with van der Waals surface area (Å²) in [6, 6.07) is 39.7. The number of aliphatic carboxylic acids is 1. The second kappa shape index (κ2) is 32.2. The third-order valence-electron chi connectivity index (χ3n) is 17.3. The van der Waals surface area contributed by atoms with E-state index in [1.165, 1.54) is 11.1 Å². The number of carbonyl (C=O) groups excluding carboxylic acids is 5. The van der Waals surface area contributed by atoms with Crippen molar-refractivity contribution < 1.29 is 33.9 Å². The number of nitrogens with one attached hydrogen (secondary N) is 8. The molecule has 6 aromatic heterocycles. The Balaban J connectivity index is 0.000000153. The maximum atomic E-state index is 12.9. The maximum absolute atomic E-state index is 12.9. The Hall–Kier alpha value is -12.3. The van der Waals surface area contributed by atoms with Gasteiger partial charge < -0.3 is 55.9 Å². The number of halogens is 2. The minimum atomic E-state index is -0.712. The van der Waals surface area contributed by atoms with Crippen LogP contribution in [0.3, 0.4) is 0 Å². The smallest absolute Gasteiger partial charge is 0.306 e. The lowest BCUT2D eigenvalue weighted by Gasteiger charge is -2.13. The third-order valence-corrected chi connectivity index (χ3v) is 17.3. The van der Waals surface area contributed by atoms with Crippen LogP contribution in [0.25, 0.3) is 66.9 Å². The van der Waals surface area contributed by atoms with Crippen LogP contribution in [0.5, 0.6) is 0 Å². The molecule has 0 unspecified atom stereocenters. The predicted molar refractivity (Wildman–Crippen MR) is 401 cm³/mol. The fourth-order valence-electron chi connectivity index (χ4n) is 12.0. The van der Waals surface area contributed by atoms with Crippen molar-refractivity contribution in [3.8, 4) is 34.2 Å². The molecular weight excluding hydrogens is 1340 g/mol. The first-order valence-corrected chi connectivity index (χ1v) is 32.3. The Morgan fingerprint density at radius 1 is 0.480 bits per heavy atom. The molecule has 0 radical (unpaired) electrons. The van der Waals surface area contributed by atoms with Gasteiger partial charge in [0.25, 0.3) is 17.7 Å². The van der Waals surface area contributed by atoms with Crippen LogP contribution in [0.2, 0.25) is 0 Å². The summed E-state index contributed by atoms with van der Waals surface area (Å²) >= 11 is 0. The van der Waals surface area contributed by atoms with Crippen molar-refractivity contribution in [3.05, 3.63) is 215 Å². The molecule has 102 heavy (non-hydrogen) atoms. The van der Waals surface area contributed by atoms with Gasteiger partial charge in [-0.15, -0.1) is 24.8 Å². The van der Waals surface area contributed by atoms with Gasteiger partial charge in [0.05, 0.1) is 83.4 Å². The van der Waals surface area contributed by atoms with E-state index in [2.05, 4.69) is 84.3 Å². The average Bonchev–Trinajstić information content (AvgIpc) is 1.62. The number of imidazole rings is 3. The SMILES string of the molecule is C[C@H](CCc1ccccc1)C(=O)Nc1cc2c3c(c(-c4cn(C)cn4)[nH]c3c1)C=NNC2=O.C[C@H](CCc1ccccc1)C(=O)O.Cl.Cl.Cn1cnc(-c2[nH]c3cc(N)cc4c3c2C=NNC4=O)c1.Cn1cnc(-c2[nH]c3cc(NC(=O)[C@H](N)CCc4ccccc4)cc4c3c2C=NNC4=O)c1. The van der Waals surface area contributed by atoms with Crippen molar-refractivity contribution in [3.63, 3.8) is 0 Å². The summed E-state index contributed by atoms with van der Waals surface area (Å²) in [6.07, 6.45) is 20.0. The zero-order valence-electron chi connectivity index (χ0n) is 56.2. The summed E-state index contributed by atoms with van der Waals surface area (Å²) in [7, 11) is 5.68. The zero-order chi connectivity index (χ0) is 70.1. The van der Waals surface area contributed by atoms with Crippen molar-refractivity contribution in [1.82, 2.24) is 59.9 Å².